The van der Waals surface area contributed by atoms with Crippen molar-refractivity contribution in [2.45, 2.75) is 70.2 Å². The Morgan fingerprint density at radius 3 is 2.48 bits per heavy atom. The fourth-order valence-corrected chi connectivity index (χ4v) is 2.59. The second kappa shape index (κ2) is 13.5. The number of aliphatic carboxylic acids is 1. The Balaban J connectivity index is 2.85. The predicted molar refractivity (Wildman–Crippen MR) is 108 cm³/mol. The van der Waals surface area contributed by atoms with Crippen molar-refractivity contribution in [2.75, 3.05) is 13.2 Å². The number of aliphatic hydroxyl groups excluding tert-OH is 2. The topological polar surface area (TPSA) is 213 Å². The first-order valence-corrected chi connectivity index (χ1v) is 10.1. The highest BCUT2D eigenvalue weighted by Gasteiger charge is 2.29. The van der Waals surface area contributed by atoms with E-state index in [9.17, 15) is 19.5 Å². The van der Waals surface area contributed by atoms with E-state index in [4.69, 9.17) is 20.5 Å². The number of carboxylic acid groups (broad SMARTS) is 1. The Labute approximate surface area is 179 Å². The fourth-order valence-electron chi connectivity index (χ4n) is 2.59. The van der Waals surface area contributed by atoms with Gasteiger partial charge in [-0.2, -0.15) is 4.98 Å². The average Bonchev–Trinajstić information content (AvgIpc) is 3.20. The zero-order valence-corrected chi connectivity index (χ0v) is 17.7. The highest BCUT2D eigenvalue weighted by molar-refractivity contribution is 5.84. The maximum Gasteiger partial charge on any atom is 0.328 e. The van der Waals surface area contributed by atoms with E-state index in [-0.39, 0.29) is 18.1 Å². The van der Waals surface area contributed by atoms with Crippen LogP contribution in [-0.4, -0.2) is 68.7 Å². The SMILES string of the molecule is CCCCCCNC(=O)C[C@H](NC(=O)N[C@H](C(=O)O)C(C)O)c1nc([C@@H](N)CO)no1. The largest absolute Gasteiger partial charge is 0.480 e. The summed E-state index contributed by atoms with van der Waals surface area (Å²) in [4.78, 5) is 39.8. The van der Waals surface area contributed by atoms with Crippen molar-refractivity contribution in [1.29, 1.82) is 0 Å². The quantitative estimate of drug-likeness (QED) is 0.180. The maximum atomic E-state index is 12.3. The number of nitrogens with two attached hydrogens (primary N) is 1. The number of nitrogens with zero attached hydrogens (tertiary/aromatic N) is 2. The van der Waals surface area contributed by atoms with Gasteiger partial charge in [0.2, 0.25) is 11.8 Å². The molecule has 0 aromatic carbocycles. The standard InChI is InChI=1S/C18H32N6O7/c1-3-4-5-6-7-20-13(27)8-12(16-23-15(24-31-16)11(19)9-25)21-18(30)22-14(10(2)26)17(28)29/h10-12,14,25-26H,3-9,19H2,1-2H3,(H,20,27)(H,28,29)(H2,21,22,30)/t10?,11-,12-,14-/m0/s1. The van der Waals surface area contributed by atoms with Crippen LogP contribution >= 0.6 is 0 Å². The molecule has 31 heavy (non-hydrogen) atoms. The second-order valence-electron chi connectivity index (χ2n) is 7.12. The summed E-state index contributed by atoms with van der Waals surface area (Å²) in [6, 6.07) is -4.52. The van der Waals surface area contributed by atoms with Gasteiger partial charge in [-0.1, -0.05) is 31.3 Å². The monoisotopic (exact) mass is 444 g/mol. The molecule has 1 aromatic rings. The van der Waals surface area contributed by atoms with Crippen LogP contribution in [0.3, 0.4) is 0 Å². The van der Waals surface area contributed by atoms with Crippen LogP contribution in [0.15, 0.2) is 4.52 Å². The number of nitrogens with one attached hydrogen (secondary N) is 3. The number of urea groups is 1. The van der Waals surface area contributed by atoms with Gasteiger partial charge in [-0.05, 0) is 13.3 Å². The molecule has 13 nitrogen and oxygen atoms in total. The van der Waals surface area contributed by atoms with Crippen LogP contribution in [0.5, 0.6) is 0 Å². The van der Waals surface area contributed by atoms with Gasteiger partial charge < -0.3 is 41.5 Å². The van der Waals surface area contributed by atoms with Gasteiger partial charge in [0.25, 0.3) is 0 Å². The molecule has 0 radical (unpaired) electrons. The number of hydrogen-bond acceptors (Lipinski definition) is 9. The van der Waals surface area contributed by atoms with Gasteiger partial charge in [-0.3, -0.25) is 4.79 Å². The molecule has 0 aliphatic rings. The molecule has 3 amide bonds. The number of aliphatic hydroxyl groups is 2. The van der Waals surface area contributed by atoms with Crippen molar-refractivity contribution >= 4 is 17.9 Å². The molecule has 1 aromatic heterocycles. The van der Waals surface area contributed by atoms with Crippen molar-refractivity contribution in [2.24, 2.45) is 5.73 Å². The molecule has 0 bridgehead atoms. The van der Waals surface area contributed by atoms with Crippen LogP contribution in [-0.2, 0) is 9.59 Å². The number of hydrogen-bond donors (Lipinski definition) is 7. The second-order valence-corrected chi connectivity index (χ2v) is 7.12. The van der Waals surface area contributed by atoms with E-state index in [1.807, 2.05) is 0 Å². The Hall–Kier alpha value is -2.77. The Morgan fingerprint density at radius 2 is 1.90 bits per heavy atom. The zero-order valence-electron chi connectivity index (χ0n) is 17.7. The minimum absolute atomic E-state index is 0.0166. The third-order valence-corrected chi connectivity index (χ3v) is 4.37. The number of rotatable bonds is 14. The van der Waals surface area contributed by atoms with E-state index in [2.05, 4.69) is 33.0 Å². The molecule has 4 atom stereocenters. The van der Waals surface area contributed by atoms with E-state index >= 15 is 0 Å². The van der Waals surface area contributed by atoms with Crippen LogP contribution in [0.25, 0.3) is 0 Å². The first-order valence-electron chi connectivity index (χ1n) is 10.1. The number of carboxylic acids is 1. The molecule has 1 rings (SSSR count). The first kappa shape index (κ1) is 26.3. The van der Waals surface area contributed by atoms with Gasteiger partial charge in [0, 0.05) is 6.54 Å². The van der Waals surface area contributed by atoms with Crippen LogP contribution < -0.4 is 21.7 Å². The predicted octanol–water partition coefficient (Wildman–Crippen LogP) is -0.677. The van der Waals surface area contributed by atoms with Gasteiger partial charge in [0.05, 0.1) is 25.2 Å². The minimum Gasteiger partial charge on any atom is -0.480 e. The number of carbonyl (C=O) groups is 3. The van der Waals surface area contributed by atoms with Crippen molar-refractivity contribution in [3.8, 4) is 0 Å². The van der Waals surface area contributed by atoms with Crippen molar-refractivity contribution in [3.05, 3.63) is 11.7 Å². The van der Waals surface area contributed by atoms with Crippen LogP contribution in [0.1, 0.15) is 69.8 Å². The van der Waals surface area contributed by atoms with Gasteiger partial charge >= 0.3 is 12.0 Å². The third-order valence-electron chi connectivity index (χ3n) is 4.37. The van der Waals surface area contributed by atoms with E-state index in [0.717, 1.165) is 25.7 Å². The van der Waals surface area contributed by atoms with Gasteiger partial charge in [-0.25, -0.2) is 9.59 Å². The normalized spacial score (nSPS) is 14.9. The summed E-state index contributed by atoms with van der Waals surface area (Å²) >= 11 is 0. The number of amides is 3. The van der Waals surface area contributed by atoms with Crippen LogP contribution in [0, 0.1) is 0 Å². The van der Waals surface area contributed by atoms with Crippen molar-refractivity contribution in [1.82, 2.24) is 26.1 Å². The molecule has 0 aliphatic carbocycles. The van der Waals surface area contributed by atoms with E-state index in [1.165, 1.54) is 6.92 Å². The molecule has 0 saturated carbocycles. The molecule has 13 heteroatoms. The lowest BCUT2D eigenvalue weighted by molar-refractivity contribution is -0.141. The molecule has 0 saturated heterocycles. The third kappa shape index (κ3) is 9.27. The van der Waals surface area contributed by atoms with Crippen molar-refractivity contribution < 1.29 is 34.2 Å². The molecular weight excluding hydrogens is 412 g/mol. The average molecular weight is 444 g/mol. The summed E-state index contributed by atoms with van der Waals surface area (Å²) in [6.45, 7) is 3.31. The summed E-state index contributed by atoms with van der Waals surface area (Å²) in [5.41, 5.74) is 5.64. The highest BCUT2D eigenvalue weighted by atomic mass is 16.5. The first-order chi connectivity index (χ1) is 14.7. The number of unbranched alkanes of at least 4 members (excludes halogenated alkanes) is 3. The summed E-state index contributed by atoms with van der Waals surface area (Å²) in [6.07, 6.45) is 2.29. The van der Waals surface area contributed by atoms with Crippen LogP contribution in [0.4, 0.5) is 4.79 Å². The van der Waals surface area contributed by atoms with Gasteiger partial charge in [-0.15, -0.1) is 0 Å². The molecule has 0 aliphatic heterocycles. The highest BCUT2D eigenvalue weighted by Crippen LogP contribution is 2.17. The molecule has 0 spiro atoms. The summed E-state index contributed by atoms with van der Waals surface area (Å²) in [7, 11) is 0. The van der Waals surface area contributed by atoms with Gasteiger partial charge in [0.1, 0.15) is 6.04 Å². The smallest absolute Gasteiger partial charge is 0.328 e. The molecule has 8 N–H and O–H groups in total. The zero-order chi connectivity index (χ0) is 23.4. The Kier molecular flexibility index (Phi) is 11.5. The summed E-state index contributed by atoms with van der Waals surface area (Å²) in [5, 5.41) is 38.6. The lowest BCUT2D eigenvalue weighted by Crippen LogP contribution is -2.52. The lowest BCUT2D eigenvalue weighted by Gasteiger charge is -2.20. The maximum absolute atomic E-state index is 12.3. The van der Waals surface area contributed by atoms with Gasteiger partial charge in [0.15, 0.2) is 11.9 Å². The van der Waals surface area contributed by atoms with E-state index in [0.29, 0.717) is 6.54 Å². The molecule has 1 unspecified atom stereocenters. The lowest BCUT2D eigenvalue weighted by atomic mass is 10.1. The summed E-state index contributed by atoms with van der Waals surface area (Å²) < 4.78 is 5.07. The molecule has 1 heterocycles. The Bertz CT molecular complexity index is 711. The molecule has 0 fully saturated rings. The number of carbonyl (C=O) groups excluding carboxylic acids is 2. The number of aromatic nitrogens is 2. The van der Waals surface area contributed by atoms with E-state index < -0.39 is 48.7 Å². The molecular formula is C18H32N6O7. The fraction of sp³-hybridized carbons (Fsp3) is 0.722. The Morgan fingerprint density at radius 1 is 1.19 bits per heavy atom. The molecule has 176 valence electrons. The summed E-state index contributed by atoms with van der Waals surface area (Å²) in [5.74, 6) is -1.98. The van der Waals surface area contributed by atoms with Crippen molar-refractivity contribution in [3.63, 3.8) is 0 Å². The van der Waals surface area contributed by atoms with E-state index in [1.54, 1.807) is 0 Å². The van der Waals surface area contributed by atoms with Crippen LogP contribution in [0.2, 0.25) is 0 Å². The minimum atomic E-state index is -1.56.